The van der Waals surface area contributed by atoms with Crippen LogP contribution in [-0.2, 0) is 39.0 Å². The molecule has 1 saturated heterocycles. The van der Waals surface area contributed by atoms with Gasteiger partial charge in [0.25, 0.3) is 0 Å². The van der Waals surface area contributed by atoms with Gasteiger partial charge < -0.3 is 24.4 Å². The largest absolute Gasteiger partial charge is 0.454 e. The average molecular weight is 619 g/mol. The lowest BCUT2D eigenvalue weighted by molar-refractivity contribution is -0.222. The number of halogens is 1. The number of carbonyl (C=O) groups is 3. The highest BCUT2D eigenvalue weighted by atomic mass is 35.5. The van der Waals surface area contributed by atoms with Gasteiger partial charge in [-0.2, -0.15) is 0 Å². The van der Waals surface area contributed by atoms with Gasteiger partial charge in [-0.25, -0.2) is 4.79 Å². The number of carbonyl (C=O) groups excluding carboxylic acids is 3. The SMILES string of the molecule is C=C(C)[C@@H]1CC[C@@H](C)[C@@]2(O)[C@H]1C=C(C)[C@@H](OC(=O)COC(C)=O)[C@@H]2OC(=O)[C@@H]1C[C@@]2(O)c3cccc(Cl)c3N(C)O[C@H]2N1. The molecule has 11 nitrogen and oxygen atoms in total. The van der Waals surface area contributed by atoms with Crippen molar-refractivity contribution in [2.24, 2.45) is 17.8 Å². The van der Waals surface area contributed by atoms with Gasteiger partial charge >= 0.3 is 17.9 Å². The first kappa shape index (κ1) is 31.5. The Balaban J connectivity index is 1.46. The monoisotopic (exact) mass is 618 g/mol. The van der Waals surface area contributed by atoms with Crippen molar-refractivity contribution in [2.75, 3.05) is 18.7 Å². The third-order valence-corrected chi connectivity index (χ3v) is 9.74. The molecule has 9 atom stereocenters. The molecule has 43 heavy (non-hydrogen) atoms. The third kappa shape index (κ3) is 5.35. The summed E-state index contributed by atoms with van der Waals surface area (Å²) >= 11 is 6.40. The molecule has 0 unspecified atom stereocenters. The summed E-state index contributed by atoms with van der Waals surface area (Å²) in [7, 11) is 1.65. The zero-order chi connectivity index (χ0) is 31.4. The quantitative estimate of drug-likeness (QED) is 0.246. The number of aliphatic hydroxyl groups is 2. The highest BCUT2D eigenvalue weighted by molar-refractivity contribution is 6.33. The number of esters is 3. The zero-order valence-corrected chi connectivity index (χ0v) is 25.7. The highest BCUT2D eigenvalue weighted by Gasteiger charge is 2.62. The molecule has 0 amide bonds. The Bertz CT molecular complexity index is 1370. The normalized spacial score (nSPS) is 36.4. The minimum Gasteiger partial charge on any atom is -0.454 e. The number of fused-ring (bicyclic) bond motifs is 4. The Kier molecular flexibility index (Phi) is 8.43. The first-order valence-corrected chi connectivity index (χ1v) is 14.8. The van der Waals surface area contributed by atoms with Crippen LogP contribution in [0.1, 0.15) is 52.5 Å². The summed E-state index contributed by atoms with van der Waals surface area (Å²) in [4.78, 5) is 43.8. The topological polar surface area (TPSA) is 144 Å². The van der Waals surface area contributed by atoms with Crippen molar-refractivity contribution in [1.29, 1.82) is 0 Å². The van der Waals surface area contributed by atoms with Crippen LogP contribution in [0.2, 0.25) is 5.02 Å². The maximum absolute atomic E-state index is 13.9. The van der Waals surface area contributed by atoms with E-state index in [1.807, 2.05) is 19.9 Å². The number of anilines is 1. The van der Waals surface area contributed by atoms with Crippen molar-refractivity contribution in [3.63, 3.8) is 0 Å². The lowest BCUT2D eigenvalue weighted by Crippen LogP contribution is -2.66. The number of benzene rings is 1. The Labute approximate surface area is 255 Å². The van der Waals surface area contributed by atoms with E-state index in [0.29, 0.717) is 28.3 Å². The third-order valence-electron chi connectivity index (χ3n) is 9.44. The van der Waals surface area contributed by atoms with E-state index in [-0.39, 0.29) is 18.3 Å². The molecular weight excluding hydrogens is 580 g/mol. The molecule has 3 N–H and O–H groups in total. The van der Waals surface area contributed by atoms with Crippen molar-refractivity contribution in [3.05, 3.63) is 52.6 Å². The first-order valence-electron chi connectivity index (χ1n) is 14.5. The highest BCUT2D eigenvalue weighted by Crippen LogP contribution is 2.53. The molecule has 5 rings (SSSR count). The van der Waals surface area contributed by atoms with Crippen LogP contribution in [0.25, 0.3) is 0 Å². The summed E-state index contributed by atoms with van der Waals surface area (Å²) < 4.78 is 16.7. The van der Waals surface area contributed by atoms with E-state index >= 15 is 0 Å². The predicted molar refractivity (Wildman–Crippen MR) is 155 cm³/mol. The Hall–Kier alpha value is -2.96. The molecule has 2 aliphatic heterocycles. The van der Waals surface area contributed by atoms with Crippen LogP contribution in [0, 0.1) is 17.8 Å². The summed E-state index contributed by atoms with van der Waals surface area (Å²) in [6.45, 7) is 10.2. The number of hydroxylamine groups is 1. The van der Waals surface area contributed by atoms with Crippen molar-refractivity contribution in [1.82, 2.24) is 5.32 Å². The fraction of sp³-hybridized carbons (Fsp3) is 0.581. The standard InChI is InChI=1S/C31H39ClN2O9/c1-15(2)19-11-10-17(4)31(39)21(19)12-16(3)26(41-24(36)14-40-18(5)35)27(31)42-28(37)23-13-30(38)20-8-7-9-22(32)25(20)34(6)43-29(30)33-23/h7-9,12,17,19,21,23,26-27,29,33,38-39H,1,10-11,13-14H2,2-6H3/t17-,19+,21+,23+,26-,27+,29-,30-,31-/m1/s1. The number of ether oxygens (including phenoxy) is 3. The van der Waals surface area contributed by atoms with E-state index in [4.69, 9.17) is 30.6 Å². The van der Waals surface area contributed by atoms with E-state index in [0.717, 1.165) is 12.0 Å². The van der Waals surface area contributed by atoms with E-state index in [1.165, 1.54) is 12.0 Å². The Morgan fingerprint density at radius 2 is 1.93 bits per heavy atom. The van der Waals surface area contributed by atoms with Gasteiger partial charge in [0.15, 0.2) is 25.0 Å². The van der Waals surface area contributed by atoms with Crippen LogP contribution < -0.4 is 10.4 Å². The number of nitrogens with one attached hydrogen (secondary N) is 1. The number of para-hydroxylation sites is 1. The fourth-order valence-corrected chi connectivity index (χ4v) is 7.48. The molecule has 0 bridgehead atoms. The zero-order valence-electron chi connectivity index (χ0n) is 25.0. The van der Waals surface area contributed by atoms with Gasteiger partial charge in [-0.3, -0.25) is 24.8 Å². The van der Waals surface area contributed by atoms with Gasteiger partial charge in [0.1, 0.15) is 17.2 Å². The van der Waals surface area contributed by atoms with E-state index in [9.17, 15) is 24.6 Å². The Morgan fingerprint density at radius 1 is 1.21 bits per heavy atom. The molecule has 1 saturated carbocycles. The van der Waals surface area contributed by atoms with Crippen LogP contribution in [-0.4, -0.2) is 71.9 Å². The van der Waals surface area contributed by atoms with Crippen LogP contribution in [0.5, 0.6) is 0 Å². The molecule has 0 spiro atoms. The van der Waals surface area contributed by atoms with E-state index in [1.54, 1.807) is 32.2 Å². The lowest BCUT2D eigenvalue weighted by Gasteiger charge is -2.55. The number of hydrogen-bond acceptors (Lipinski definition) is 11. The smallest absolute Gasteiger partial charge is 0.345 e. The average Bonchev–Trinajstić information content (AvgIpc) is 3.28. The van der Waals surface area contributed by atoms with Gasteiger partial charge in [0.05, 0.1) is 10.7 Å². The van der Waals surface area contributed by atoms with Gasteiger partial charge in [0, 0.05) is 31.9 Å². The second-order valence-electron chi connectivity index (χ2n) is 12.3. The minimum atomic E-state index is -1.61. The summed E-state index contributed by atoms with van der Waals surface area (Å²) in [5.41, 5.74) is -0.745. The molecular formula is C31H39ClN2O9. The van der Waals surface area contributed by atoms with E-state index in [2.05, 4.69) is 11.9 Å². The molecule has 0 aromatic heterocycles. The van der Waals surface area contributed by atoms with Crippen LogP contribution in [0.3, 0.4) is 0 Å². The molecule has 1 aromatic carbocycles. The number of allylic oxidation sites excluding steroid dienone is 1. The molecule has 1 aromatic rings. The van der Waals surface area contributed by atoms with Crippen molar-refractivity contribution in [3.8, 4) is 0 Å². The van der Waals surface area contributed by atoms with Gasteiger partial charge in [-0.15, -0.1) is 0 Å². The van der Waals surface area contributed by atoms with Crippen molar-refractivity contribution >= 4 is 35.2 Å². The van der Waals surface area contributed by atoms with Crippen LogP contribution >= 0.6 is 11.6 Å². The van der Waals surface area contributed by atoms with Crippen molar-refractivity contribution in [2.45, 2.75) is 82.6 Å². The van der Waals surface area contributed by atoms with Gasteiger partial charge in [0.2, 0.25) is 0 Å². The number of rotatable bonds is 6. The van der Waals surface area contributed by atoms with Crippen molar-refractivity contribution < 1.29 is 43.6 Å². The van der Waals surface area contributed by atoms with Crippen LogP contribution in [0.15, 0.2) is 42.0 Å². The summed E-state index contributed by atoms with van der Waals surface area (Å²) in [5, 5.41) is 29.1. The van der Waals surface area contributed by atoms with Gasteiger partial charge in [-0.1, -0.05) is 48.9 Å². The molecule has 0 radical (unpaired) electrons. The summed E-state index contributed by atoms with van der Waals surface area (Å²) in [6.07, 6.45) is -0.229. The molecule has 234 valence electrons. The predicted octanol–water partition coefficient (Wildman–Crippen LogP) is 2.91. The molecule has 2 fully saturated rings. The Morgan fingerprint density at radius 3 is 2.60 bits per heavy atom. The maximum atomic E-state index is 13.9. The second-order valence-corrected chi connectivity index (χ2v) is 12.7. The molecule has 2 aliphatic carbocycles. The number of nitrogens with zero attached hydrogens (tertiary/aromatic N) is 1. The van der Waals surface area contributed by atoms with E-state index < -0.39 is 66.1 Å². The lowest BCUT2D eigenvalue weighted by atomic mass is 9.56. The minimum absolute atomic E-state index is 0.0894. The fourth-order valence-electron chi connectivity index (χ4n) is 7.19. The van der Waals surface area contributed by atoms with Crippen LogP contribution in [0.4, 0.5) is 5.69 Å². The first-order chi connectivity index (χ1) is 20.2. The number of hydrogen-bond donors (Lipinski definition) is 3. The van der Waals surface area contributed by atoms with Gasteiger partial charge in [-0.05, 0) is 50.2 Å². The molecule has 2 heterocycles. The summed E-state index contributed by atoms with van der Waals surface area (Å²) in [5.74, 6) is -3.13. The summed E-state index contributed by atoms with van der Waals surface area (Å²) in [6, 6.07) is 4.09. The maximum Gasteiger partial charge on any atom is 0.345 e. The second kappa shape index (κ2) is 11.5. The molecule has 4 aliphatic rings. The molecule has 12 heteroatoms.